The third-order valence-electron chi connectivity index (χ3n) is 3.48. The monoisotopic (exact) mass is 167 g/mol. The average Bonchev–Trinajstić information content (AvgIpc) is 2.18. The lowest BCUT2D eigenvalue weighted by atomic mass is 10.1. The van der Waals surface area contributed by atoms with Crippen LogP contribution in [0.2, 0.25) is 0 Å². The number of hydrogen-bond acceptors (Lipinski definition) is 1. The molecule has 0 saturated carbocycles. The van der Waals surface area contributed by atoms with Crippen LogP contribution in [0.1, 0.15) is 6.42 Å². The second-order valence-corrected chi connectivity index (χ2v) is 4.16. The molecule has 0 aromatic carbocycles. The zero-order chi connectivity index (χ0) is 8.44. The molecule has 68 valence electrons. The van der Waals surface area contributed by atoms with E-state index in [-0.39, 0.29) is 0 Å². The van der Waals surface area contributed by atoms with Gasteiger partial charge in [0.05, 0.1) is 26.2 Å². The van der Waals surface area contributed by atoms with E-state index < -0.39 is 0 Å². The fourth-order valence-corrected chi connectivity index (χ4v) is 2.43. The number of nitrogens with zero attached hydrogens (tertiary/aromatic N) is 2. The maximum atomic E-state index is 3.80. The lowest BCUT2D eigenvalue weighted by Gasteiger charge is -2.50. The zero-order valence-electron chi connectivity index (χ0n) is 7.84. The SMILES string of the molecule is C=CCC[N+]12CCN(CC1)CC2. The van der Waals surface area contributed by atoms with Gasteiger partial charge in [-0.2, -0.15) is 0 Å². The van der Waals surface area contributed by atoms with Crippen molar-refractivity contribution in [2.75, 3.05) is 45.8 Å². The van der Waals surface area contributed by atoms with Gasteiger partial charge in [0.25, 0.3) is 0 Å². The number of rotatable bonds is 3. The summed E-state index contributed by atoms with van der Waals surface area (Å²) in [5.74, 6) is 0. The van der Waals surface area contributed by atoms with Gasteiger partial charge in [0.2, 0.25) is 0 Å². The predicted molar refractivity (Wildman–Crippen MR) is 51.0 cm³/mol. The summed E-state index contributed by atoms with van der Waals surface area (Å²) in [6.07, 6.45) is 3.26. The van der Waals surface area contributed by atoms with Crippen molar-refractivity contribution in [2.45, 2.75) is 6.42 Å². The third kappa shape index (κ3) is 1.41. The maximum Gasteiger partial charge on any atom is 0.0916 e. The molecule has 3 aliphatic heterocycles. The second-order valence-electron chi connectivity index (χ2n) is 4.16. The quantitative estimate of drug-likeness (QED) is 0.442. The molecule has 0 N–H and O–H groups in total. The highest BCUT2D eigenvalue weighted by atomic mass is 15.4. The summed E-state index contributed by atoms with van der Waals surface area (Å²) in [4.78, 5) is 2.59. The van der Waals surface area contributed by atoms with Gasteiger partial charge in [-0.05, 0) is 0 Å². The molecule has 3 saturated heterocycles. The highest BCUT2D eigenvalue weighted by Gasteiger charge is 2.37. The fourth-order valence-electron chi connectivity index (χ4n) is 2.43. The Morgan fingerprint density at radius 1 is 1.17 bits per heavy atom. The van der Waals surface area contributed by atoms with Gasteiger partial charge in [0.1, 0.15) is 0 Å². The minimum Gasteiger partial charge on any atom is -0.320 e. The van der Waals surface area contributed by atoms with Gasteiger partial charge < -0.3 is 4.48 Å². The van der Waals surface area contributed by atoms with Gasteiger partial charge in [-0.1, -0.05) is 6.08 Å². The van der Waals surface area contributed by atoms with Crippen molar-refractivity contribution in [3.8, 4) is 0 Å². The van der Waals surface area contributed by atoms with Gasteiger partial charge in [-0.3, -0.25) is 4.90 Å². The van der Waals surface area contributed by atoms with Crippen molar-refractivity contribution in [2.24, 2.45) is 0 Å². The van der Waals surface area contributed by atoms with E-state index >= 15 is 0 Å². The minimum absolute atomic E-state index is 1.19. The molecule has 0 aromatic rings. The molecular formula is C10H19N2+. The summed E-state index contributed by atoms with van der Waals surface area (Å²) in [6.45, 7) is 13.3. The molecule has 0 spiro atoms. The normalized spacial score (nSPS) is 39.8. The molecule has 3 rings (SSSR count). The summed E-state index contributed by atoms with van der Waals surface area (Å²) in [5.41, 5.74) is 0. The van der Waals surface area contributed by atoms with Crippen molar-refractivity contribution in [3.05, 3.63) is 12.7 Å². The standard InChI is InChI=1S/C10H19N2/c1-2-3-7-12-8-4-11(5-9-12)6-10-12/h2H,1,3-10H2/q+1. The molecule has 2 nitrogen and oxygen atoms in total. The molecule has 3 fully saturated rings. The Hall–Kier alpha value is -0.340. The Balaban J connectivity index is 1.94. The van der Waals surface area contributed by atoms with E-state index in [4.69, 9.17) is 0 Å². The Labute approximate surface area is 75.1 Å². The molecule has 2 bridgehead atoms. The summed E-state index contributed by atoms with van der Waals surface area (Å²) >= 11 is 0. The van der Waals surface area contributed by atoms with Crippen molar-refractivity contribution >= 4 is 0 Å². The molecule has 2 heteroatoms. The molecule has 3 aliphatic rings. The summed E-state index contributed by atoms with van der Waals surface area (Å²) in [6, 6.07) is 0. The number of quaternary nitrogens is 1. The summed E-state index contributed by atoms with van der Waals surface area (Å²) in [5, 5.41) is 0. The minimum atomic E-state index is 1.19. The van der Waals surface area contributed by atoms with Gasteiger partial charge in [0, 0.05) is 26.1 Å². The van der Waals surface area contributed by atoms with Crippen LogP contribution in [-0.4, -0.2) is 55.2 Å². The maximum absolute atomic E-state index is 3.80. The van der Waals surface area contributed by atoms with Crippen LogP contribution in [0.4, 0.5) is 0 Å². The van der Waals surface area contributed by atoms with E-state index in [0.29, 0.717) is 0 Å². The largest absolute Gasteiger partial charge is 0.320 e. The fraction of sp³-hybridized carbons (Fsp3) is 0.800. The predicted octanol–water partition coefficient (Wildman–Crippen LogP) is 0.708. The number of fused-ring (bicyclic) bond motifs is 3. The van der Waals surface area contributed by atoms with Crippen molar-refractivity contribution in [1.29, 1.82) is 0 Å². The first kappa shape index (κ1) is 8.27. The summed E-state index contributed by atoms with van der Waals surface area (Å²) in [7, 11) is 0. The van der Waals surface area contributed by atoms with Crippen LogP contribution in [0.25, 0.3) is 0 Å². The Morgan fingerprint density at radius 3 is 2.25 bits per heavy atom. The molecule has 0 atom stereocenters. The van der Waals surface area contributed by atoms with Crippen molar-refractivity contribution < 1.29 is 4.48 Å². The first-order valence-electron chi connectivity index (χ1n) is 5.03. The van der Waals surface area contributed by atoms with Gasteiger partial charge >= 0.3 is 0 Å². The van der Waals surface area contributed by atoms with Gasteiger partial charge in [-0.15, -0.1) is 6.58 Å². The van der Waals surface area contributed by atoms with Gasteiger partial charge in [-0.25, -0.2) is 0 Å². The molecule has 3 heterocycles. The molecule has 0 radical (unpaired) electrons. The Morgan fingerprint density at radius 2 is 1.75 bits per heavy atom. The smallest absolute Gasteiger partial charge is 0.0916 e. The molecule has 0 amide bonds. The van der Waals surface area contributed by atoms with Crippen LogP contribution >= 0.6 is 0 Å². The van der Waals surface area contributed by atoms with E-state index in [1.54, 1.807) is 0 Å². The van der Waals surface area contributed by atoms with Crippen molar-refractivity contribution in [3.63, 3.8) is 0 Å². The topological polar surface area (TPSA) is 3.24 Å². The van der Waals surface area contributed by atoms with Crippen molar-refractivity contribution in [1.82, 2.24) is 4.90 Å². The third-order valence-corrected chi connectivity index (χ3v) is 3.48. The summed E-state index contributed by atoms with van der Waals surface area (Å²) < 4.78 is 1.38. The van der Waals surface area contributed by atoms with Crippen LogP contribution in [0.15, 0.2) is 12.7 Å². The Kier molecular flexibility index (Phi) is 2.20. The first-order chi connectivity index (χ1) is 5.85. The molecule has 0 aromatic heterocycles. The lowest BCUT2D eigenvalue weighted by Crippen LogP contribution is -2.67. The molecule has 0 unspecified atom stereocenters. The van der Waals surface area contributed by atoms with Crippen LogP contribution in [0, 0.1) is 0 Å². The lowest BCUT2D eigenvalue weighted by molar-refractivity contribution is -0.940. The Bertz CT molecular complexity index is 155. The second kappa shape index (κ2) is 3.19. The zero-order valence-corrected chi connectivity index (χ0v) is 7.84. The van der Waals surface area contributed by atoms with Gasteiger partial charge in [0.15, 0.2) is 0 Å². The molecule has 12 heavy (non-hydrogen) atoms. The molecule has 0 aliphatic carbocycles. The molecular weight excluding hydrogens is 148 g/mol. The van der Waals surface area contributed by atoms with E-state index in [1.807, 2.05) is 0 Å². The number of piperazine rings is 3. The highest BCUT2D eigenvalue weighted by molar-refractivity contribution is 4.73. The van der Waals surface area contributed by atoms with Crippen LogP contribution in [0.3, 0.4) is 0 Å². The number of hydrogen-bond donors (Lipinski definition) is 0. The van der Waals surface area contributed by atoms with Crippen LogP contribution < -0.4 is 0 Å². The van der Waals surface area contributed by atoms with Crippen LogP contribution in [-0.2, 0) is 0 Å². The first-order valence-corrected chi connectivity index (χ1v) is 5.03. The van der Waals surface area contributed by atoms with E-state index in [0.717, 1.165) is 0 Å². The van der Waals surface area contributed by atoms with Crippen LogP contribution in [0.5, 0.6) is 0 Å². The van der Waals surface area contributed by atoms with E-state index in [9.17, 15) is 0 Å². The van der Waals surface area contributed by atoms with E-state index in [2.05, 4.69) is 17.6 Å². The highest BCUT2D eigenvalue weighted by Crippen LogP contribution is 2.19. The van der Waals surface area contributed by atoms with E-state index in [1.165, 1.54) is 56.7 Å². The average molecular weight is 167 g/mol.